The van der Waals surface area contributed by atoms with Crippen LogP contribution >= 0.6 is 0 Å². The Labute approximate surface area is 313 Å². The highest BCUT2D eigenvalue weighted by atomic mass is 16.6. The minimum atomic E-state index is -0.977. The number of rotatable bonds is 15. The fourth-order valence-corrected chi connectivity index (χ4v) is 6.92. The molecule has 2 aliphatic heterocycles. The number of ether oxygens (including phenoxy) is 6. The van der Waals surface area contributed by atoms with Gasteiger partial charge in [0.15, 0.2) is 0 Å². The average molecular weight is 733 g/mol. The van der Waals surface area contributed by atoms with E-state index >= 15 is 0 Å². The molecule has 2 fully saturated rings. The molecular formula is C42H56N2O9. The molecule has 0 saturated carbocycles. The monoisotopic (exact) mass is 732 g/mol. The lowest BCUT2D eigenvalue weighted by atomic mass is 9.88. The van der Waals surface area contributed by atoms with Crippen molar-refractivity contribution in [3.8, 4) is 0 Å². The van der Waals surface area contributed by atoms with Crippen LogP contribution in [0.1, 0.15) is 71.1 Å². The molecule has 5 rings (SSSR count). The summed E-state index contributed by atoms with van der Waals surface area (Å²) in [6.07, 6.45) is -3.41. The zero-order chi connectivity index (χ0) is 38.0. The minimum Gasteiger partial charge on any atom is -0.444 e. The number of benzene rings is 3. The van der Waals surface area contributed by atoms with E-state index in [0.717, 1.165) is 16.7 Å². The summed E-state index contributed by atoms with van der Waals surface area (Å²) in [5, 5.41) is 14.8. The summed E-state index contributed by atoms with van der Waals surface area (Å²) in [6.45, 7) is 11.7. The predicted octanol–water partition coefficient (Wildman–Crippen LogP) is 6.16. The van der Waals surface area contributed by atoms with E-state index in [1.54, 1.807) is 34.6 Å². The Morgan fingerprint density at radius 2 is 1.38 bits per heavy atom. The van der Waals surface area contributed by atoms with Gasteiger partial charge in [0.25, 0.3) is 0 Å². The first kappa shape index (κ1) is 40.3. The van der Waals surface area contributed by atoms with Crippen molar-refractivity contribution in [2.45, 2.75) is 128 Å². The van der Waals surface area contributed by atoms with Crippen molar-refractivity contribution in [1.29, 1.82) is 0 Å². The van der Waals surface area contributed by atoms with Crippen molar-refractivity contribution >= 4 is 12.0 Å². The van der Waals surface area contributed by atoms with Gasteiger partial charge in [0, 0.05) is 6.92 Å². The Hall–Kier alpha value is -3.84. The van der Waals surface area contributed by atoms with Crippen LogP contribution in [-0.2, 0) is 53.0 Å². The topological polar surface area (TPSA) is 125 Å². The second-order valence-corrected chi connectivity index (χ2v) is 15.3. The third-order valence-corrected chi connectivity index (χ3v) is 9.43. The van der Waals surface area contributed by atoms with E-state index in [-0.39, 0.29) is 32.1 Å². The summed E-state index contributed by atoms with van der Waals surface area (Å²) < 4.78 is 38.1. The lowest BCUT2D eigenvalue weighted by Gasteiger charge is -2.47. The normalized spacial score (nSPS) is 24.8. The Morgan fingerprint density at radius 3 is 1.91 bits per heavy atom. The van der Waals surface area contributed by atoms with E-state index in [4.69, 9.17) is 28.4 Å². The van der Waals surface area contributed by atoms with Gasteiger partial charge in [-0.3, -0.25) is 9.69 Å². The molecule has 11 heteroatoms. The van der Waals surface area contributed by atoms with Crippen LogP contribution < -0.4 is 5.32 Å². The van der Waals surface area contributed by atoms with Crippen LogP contribution in [-0.4, -0.2) is 89.2 Å². The summed E-state index contributed by atoms with van der Waals surface area (Å²) in [5.74, 6) is -0.250. The van der Waals surface area contributed by atoms with Gasteiger partial charge >= 0.3 is 6.09 Å². The number of carbonyl (C=O) groups is 2. The minimum absolute atomic E-state index is 0.141. The number of carbonyl (C=O) groups excluding carboxylic acids is 2. The molecule has 3 aromatic rings. The molecule has 0 bridgehead atoms. The van der Waals surface area contributed by atoms with E-state index < -0.39 is 60.0 Å². The third kappa shape index (κ3) is 11.6. The first-order valence-electron chi connectivity index (χ1n) is 18.5. The average Bonchev–Trinajstić information content (AvgIpc) is 3.45. The molecule has 2 N–H and O–H groups in total. The highest BCUT2D eigenvalue weighted by Crippen LogP contribution is 2.34. The van der Waals surface area contributed by atoms with Crippen LogP contribution in [0, 0.1) is 0 Å². The molecule has 2 heterocycles. The van der Waals surface area contributed by atoms with E-state index in [1.165, 1.54) is 11.8 Å². The number of nitrogens with one attached hydrogen (secondary N) is 1. The largest absolute Gasteiger partial charge is 0.444 e. The Balaban J connectivity index is 1.41. The van der Waals surface area contributed by atoms with Gasteiger partial charge in [-0.05, 0) is 64.2 Å². The van der Waals surface area contributed by atoms with Crippen LogP contribution in [0.4, 0.5) is 4.79 Å². The molecule has 2 amide bonds. The standard InChI is InChI=1S/C42H56N2O9/c1-29(45)43-37-35(23-22-34(46)33-27-51-42(5,6)44(33)40(47)53-41(2,3)4)52-36(28-48-24-30-16-10-7-11-17-30)38(49-25-31-18-12-8-13-19-31)39(37)50-26-32-20-14-9-15-21-32/h7-21,33-39,46H,22-28H2,1-6H3,(H,43,45)/t33-,34?,35+,36-,37-,38-,39-/m1/s1. The van der Waals surface area contributed by atoms with Crippen LogP contribution in [0.3, 0.4) is 0 Å². The first-order chi connectivity index (χ1) is 25.3. The lowest BCUT2D eigenvalue weighted by molar-refractivity contribution is -0.234. The molecule has 2 aliphatic rings. The SMILES string of the molecule is CC(=O)N[C@H]1[C@@H](OCc2ccccc2)[C@H](OCc2ccccc2)[C@@H](COCc2ccccc2)O[C@H]1CCC(O)[C@H]1COC(C)(C)N1C(=O)OC(C)(C)C. The highest BCUT2D eigenvalue weighted by Gasteiger charge is 2.50. The summed E-state index contributed by atoms with van der Waals surface area (Å²) >= 11 is 0. The van der Waals surface area contributed by atoms with Crippen molar-refractivity contribution in [2.75, 3.05) is 13.2 Å². The van der Waals surface area contributed by atoms with Crippen molar-refractivity contribution in [1.82, 2.24) is 10.2 Å². The second-order valence-electron chi connectivity index (χ2n) is 15.3. The van der Waals surface area contributed by atoms with Gasteiger partial charge in [-0.1, -0.05) is 91.0 Å². The van der Waals surface area contributed by atoms with Crippen LogP contribution in [0.5, 0.6) is 0 Å². The maximum absolute atomic E-state index is 13.3. The fourth-order valence-electron chi connectivity index (χ4n) is 6.92. The van der Waals surface area contributed by atoms with Crippen molar-refractivity contribution in [2.24, 2.45) is 0 Å². The molecule has 1 unspecified atom stereocenters. The molecule has 11 nitrogen and oxygen atoms in total. The number of nitrogens with zero attached hydrogens (tertiary/aromatic N) is 1. The zero-order valence-corrected chi connectivity index (χ0v) is 31.8. The van der Waals surface area contributed by atoms with E-state index in [2.05, 4.69) is 5.32 Å². The Bertz CT molecular complexity index is 1570. The summed E-state index contributed by atoms with van der Waals surface area (Å²) in [6, 6.07) is 28.3. The summed E-state index contributed by atoms with van der Waals surface area (Å²) in [7, 11) is 0. The molecule has 7 atom stereocenters. The maximum atomic E-state index is 13.3. The Morgan fingerprint density at radius 1 is 0.849 bits per heavy atom. The molecular weight excluding hydrogens is 676 g/mol. The van der Waals surface area contributed by atoms with Gasteiger partial charge in [-0.15, -0.1) is 0 Å². The second kappa shape index (κ2) is 18.5. The molecule has 53 heavy (non-hydrogen) atoms. The first-order valence-corrected chi connectivity index (χ1v) is 18.5. The van der Waals surface area contributed by atoms with Crippen LogP contribution in [0.15, 0.2) is 91.0 Å². The lowest BCUT2D eigenvalue weighted by Crippen LogP contribution is -2.65. The molecule has 2 saturated heterocycles. The van der Waals surface area contributed by atoms with Gasteiger partial charge in [-0.2, -0.15) is 0 Å². The van der Waals surface area contributed by atoms with Crippen LogP contribution in [0.2, 0.25) is 0 Å². The van der Waals surface area contributed by atoms with Crippen LogP contribution in [0.25, 0.3) is 0 Å². The van der Waals surface area contributed by atoms with Gasteiger partial charge in [0.05, 0.1) is 57.3 Å². The Kier molecular flexibility index (Phi) is 14.1. The molecule has 0 spiro atoms. The summed E-state index contributed by atoms with van der Waals surface area (Å²) in [5.41, 5.74) is 1.27. The quantitative estimate of drug-likeness (QED) is 0.189. The summed E-state index contributed by atoms with van der Waals surface area (Å²) in [4.78, 5) is 27.6. The van der Waals surface area contributed by atoms with Gasteiger partial charge in [0.1, 0.15) is 29.6 Å². The number of hydrogen-bond acceptors (Lipinski definition) is 9. The van der Waals surface area contributed by atoms with Gasteiger partial charge in [-0.25, -0.2) is 4.79 Å². The van der Waals surface area contributed by atoms with Gasteiger partial charge < -0.3 is 38.8 Å². The number of hydrogen-bond donors (Lipinski definition) is 2. The number of amides is 2. The van der Waals surface area contributed by atoms with E-state index in [9.17, 15) is 14.7 Å². The van der Waals surface area contributed by atoms with Crippen molar-refractivity contribution in [3.05, 3.63) is 108 Å². The maximum Gasteiger partial charge on any atom is 0.412 e. The number of aliphatic hydroxyl groups is 1. The predicted molar refractivity (Wildman–Crippen MR) is 200 cm³/mol. The van der Waals surface area contributed by atoms with Gasteiger partial charge in [0.2, 0.25) is 5.91 Å². The van der Waals surface area contributed by atoms with Crippen molar-refractivity contribution < 1.29 is 43.1 Å². The molecule has 0 radical (unpaired) electrons. The van der Waals surface area contributed by atoms with E-state index in [0.29, 0.717) is 19.6 Å². The third-order valence-electron chi connectivity index (χ3n) is 9.43. The smallest absolute Gasteiger partial charge is 0.412 e. The van der Waals surface area contributed by atoms with E-state index in [1.807, 2.05) is 91.0 Å². The van der Waals surface area contributed by atoms with Crippen molar-refractivity contribution in [3.63, 3.8) is 0 Å². The molecule has 0 aliphatic carbocycles. The molecule has 3 aromatic carbocycles. The number of aliphatic hydroxyl groups excluding tert-OH is 1. The highest BCUT2D eigenvalue weighted by molar-refractivity contribution is 5.73. The molecule has 0 aromatic heterocycles. The zero-order valence-electron chi connectivity index (χ0n) is 31.8. The molecule has 288 valence electrons. The fraction of sp³-hybridized carbons (Fsp3) is 0.524.